The molecule has 0 bridgehead atoms. The van der Waals surface area contributed by atoms with Crippen LogP contribution >= 0.6 is 27.3 Å². The molecule has 2 nitrogen and oxygen atoms in total. The fraction of sp³-hybridized carbons (Fsp3) is 0. The molecule has 0 fully saturated rings. The molecule has 0 aliphatic heterocycles. The number of aromatic nitrogens is 1. The molecule has 0 atom stereocenters. The summed E-state index contributed by atoms with van der Waals surface area (Å²) in [5.41, 5.74) is 1.86. The minimum absolute atomic E-state index is 0.514. The van der Waals surface area contributed by atoms with Gasteiger partial charge in [-0.25, -0.2) is 4.98 Å². The van der Waals surface area contributed by atoms with Crippen LogP contribution in [0.3, 0.4) is 0 Å². The minimum Gasteiger partial charge on any atom is -0.295 e. The van der Waals surface area contributed by atoms with Crippen molar-refractivity contribution in [2.45, 2.75) is 0 Å². The smallest absolute Gasteiger partial charge is 0.178 e. The van der Waals surface area contributed by atoms with Crippen molar-refractivity contribution in [1.82, 2.24) is 4.98 Å². The summed E-state index contributed by atoms with van der Waals surface area (Å²) in [6, 6.07) is 7.84. The molecule has 0 N–H and O–H groups in total. The number of halogens is 1. The van der Waals surface area contributed by atoms with Gasteiger partial charge in [-0.1, -0.05) is 28.1 Å². The first-order valence-corrected chi connectivity index (χ1v) is 5.63. The second kappa shape index (κ2) is 4.02. The highest BCUT2D eigenvalue weighted by atomic mass is 79.9. The molecule has 14 heavy (non-hydrogen) atoms. The van der Waals surface area contributed by atoms with Crippen LogP contribution in [0.2, 0.25) is 0 Å². The van der Waals surface area contributed by atoms with Crippen molar-refractivity contribution in [2.75, 3.05) is 0 Å². The molecule has 0 spiro atoms. The highest BCUT2D eigenvalue weighted by Gasteiger charge is 2.03. The van der Waals surface area contributed by atoms with Crippen LogP contribution in [0.1, 0.15) is 9.80 Å². The minimum atomic E-state index is 0.514. The van der Waals surface area contributed by atoms with E-state index in [1.54, 1.807) is 0 Å². The van der Waals surface area contributed by atoms with Crippen LogP contribution in [0.15, 0.2) is 34.1 Å². The zero-order chi connectivity index (χ0) is 9.97. The standard InChI is InChI=1S/C10H6BrNOS/c11-8-3-1-2-7(4-8)9-6-14-10(5-13)12-9/h1-6H. The van der Waals surface area contributed by atoms with Gasteiger partial charge in [0.25, 0.3) is 0 Å². The number of hydrogen-bond acceptors (Lipinski definition) is 3. The van der Waals surface area contributed by atoms with E-state index in [1.807, 2.05) is 29.6 Å². The maximum atomic E-state index is 10.5. The van der Waals surface area contributed by atoms with Crippen molar-refractivity contribution in [1.29, 1.82) is 0 Å². The number of carbonyl (C=O) groups is 1. The molecule has 0 unspecified atom stereocenters. The van der Waals surface area contributed by atoms with Gasteiger partial charge in [-0.05, 0) is 12.1 Å². The third kappa shape index (κ3) is 1.91. The van der Waals surface area contributed by atoms with Gasteiger partial charge >= 0.3 is 0 Å². The molecule has 2 aromatic rings. The highest BCUT2D eigenvalue weighted by Crippen LogP contribution is 2.23. The van der Waals surface area contributed by atoms with E-state index < -0.39 is 0 Å². The summed E-state index contributed by atoms with van der Waals surface area (Å²) in [6.07, 6.45) is 0.770. The maximum Gasteiger partial charge on any atom is 0.178 e. The molecule has 0 amide bonds. The van der Waals surface area contributed by atoms with Gasteiger partial charge in [0.15, 0.2) is 11.3 Å². The fourth-order valence-electron chi connectivity index (χ4n) is 1.12. The Bertz CT molecular complexity index is 467. The van der Waals surface area contributed by atoms with Crippen molar-refractivity contribution in [3.63, 3.8) is 0 Å². The second-order valence-electron chi connectivity index (χ2n) is 2.70. The van der Waals surface area contributed by atoms with Crippen molar-refractivity contribution < 1.29 is 4.79 Å². The predicted molar refractivity (Wildman–Crippen MR) is 60.6 cm³/mol. The van der Waals surface area contributed by atoms with Gasteiger partial charge in [0.2, 0.25) is 0 Å². The zero-order valence-electron chi connectivity index (χ0n) is 7.11. The van der Waals surface area contributed by atoms with Crippen molar-refractivity contribution >= 4 is 33.6 Å². The second-order valence-corrected chi connectivity index (χ2v) is 4.50. The lowest BCUT2D eigenvalue weighted by Crippen LogP contribution is -1.79. The summed E-state index contributed by atoms with van der Waals surface area (Å²) in [4.78, 5) is 14.6. The Morgan fingerprint density at radius 2 is 2.29 bits per heavy atom. The fourth-order valence-corrected chi connectivity index (χ4v) is 2.15. The van der Waals surface area contributed by atoms with E-state index in [9.17, 15) is 4.79 Å². The molecule has 1 aromatic heterocycles. The number of thiazole rings is 1. The summed E-state index contributed by atoms with van der Waals surface area (Å²) in [5, 5.41) is 2.39. The first kappa shape index (κ1) is 9.55. The molecule has 4 heteroatoms. The Balaban J connectivity index is 2.43. The Morgan fingerprint density at radius 1 is 1.43 bits per heavy atom. The third-order valence-corrected chi connectivity index (χ3v) is 3.01. The van der Waals surface area contributed by atoms with E-state index in [4.69, 9.17) is 0 Å². The van der Waals surface area contributed by atoms with Crippen LogP contribution in [-0.2, 0) is 0 Å². The predicted octanol–water partition coefficient (Wildman–Crippen LogP) is 3.39. The van der Waals surface area contributed by atoms with Crippen LogP contribution in [0.5, 0.6) is 0 Å². The average Bonchev–Trinajstić information content (AvgIpc) is 2.66. The van der Waals surface area contributed by atoms with E-state index in [1.165, 1.54) is 11.3 Å². The monoisotopic (exact) mass is 267 g/mol. The third-order valence-electron chi connectivity index (χ3n) is 1.74. The van der Waals surface area contributed by atoms with Crippen molar-refractivity contribution in [3.8, 4) is 11.3 Å². The Morgan fingerprint density at radius 3 is 2.93 bits per heavy atom. The largest absolute Gasteiger partial charge is 0.295 e. The van der Waals surface area contributed by atoms with Gasteiger partial charge in [0.1, 0.15) is 0 Å². The number of aldehydes is 1. The number of benzene rings is 1. The number of carbonyl (C=O) groups excluding carboxylic acids is 1. The van der Waals surface area contributed by atoms with Gasteiger partial charge in [0, 0.05) is 15.4 Å². The molecule has 1 heterocycles. The Kier molecular flexibility index (Phi) is 2.74. The first-order valence-electron chi connectivity index (χ1n) is 3.96. The Hall–Kier alpha value is -1.000. The SMILES string of the molecule is O=Cc1nc(-c2cccc(Br)c2)cs1. The van der Waals surface area contributed by atoms with Gasteiger partial charge < -0.3 is 0 Å². The quantitative estimate of drug-likeness (QED) is 0.781. The summed E-state index contributed by atoms with van der Waals surface area (Å²) in [6.45, 7) is 0. The molecular formula is C10H6BrNOS. The van der Waals surface area contributed by atoms with Crippen molar-refractivity contribution in [3.05, 3.63) is 39.1 Å². The van der Waals surface area contributed by atoms with E-state index >= 15 is 0 Å². The normalized spacial score (nSPS) is 10.1. The first-order chi connectivity index (χ1) is 6.79. The maximum absolute atomic E-state index is 10.5. The van der Waals surface area contributed by atoms with E-state index in [2.05, 4.69) is 20.9 Å². The van der Waals surface area contributed by atoms with E-state index in [0.717, 1.165) is 22.0 Å². The van der Waals surface area contributed by atoms with Gasteiger partial charge in [-0.15, -0.1) is 11.3 Å². The number of nitrogens with zero attached hydrogens (tertiary/aromatic N) is 1. The zero-order valence-corrected chi connectivity index (χ0v) is 9.51. The molecule has 0 saturated heterocycles. The lowest BCUT2D eigenvalue weighted by atomic mass is 10.2. The van der Waals surface area contributed by atoms with Gasteiger partial charge in [0.05, 0.1) is 5.69 Å². The molecule has 0 aliphatic carbocycles. The van der Waals surface area contributed by atoms with Crippen LogP contribution in [-0.4, -0.2) is 11.3 Å². The lowest BCUT2D eigenvalue weighted by molar-refractivity contribution is 0.112. The molecule has 0 saturated carbocycles. The molecule has 0 aliphatic rings. The van der Waals surface area contributed by atoms with E-state index in [-0.39, 0.29) is 0 Å². The number of hydrogen-bond donors (Lipinski definition) is 0. The van der Waals surface area contributed by atoms with Crippen LogP contribution < -0.4 is 0 Å². The summed E-state index contributed by atoms with van der Waals surface area (Å²) in [5.74, 6) is 0. The number of rotatable bonds is 2. The van der Waals surface area contributed by atoms with Gasteiger partial charge in [-0.3, -0.25) is 4.79 Å². The molecule has 1 aromatic carbocycles. The van der Waals surface area contributed by atoms with Crippen LogP contribution in [0.4, 0.5) is 0 Å². The summed E-state index contributed by atoms with van der Waals surface area (Å²) in [7, 11) is 0. The molecule has 0 radical (unpaired) electrons. The molecule has 70 valence electrons. The molecular weight excluding hydrogens is 262 g/mol. The van der Waals surface area contributed by atoms with Gasteiger partial charge in [-0.2, -0.15) is 0 Å². The topological polar surface area (TPSA) is 30.0 Å². The van der Waals surface area contributed by atoms with Crippen molar-refractivity contribution in [2.24, 2.45) is 0 Å². The molecule has 2 rings (SSSR count). The summed E-state index contributed by atoms with van der Waals surface area (Å²) < 4.78 is 1.01. The highest BCUT2D eigenvalue weighted by molar-refractivity contribution is 9.10. The van der Waals surface area contributed by atoms with Crippen LogP contribution in [0.25, 0.3) is 11.3 Å². The summed E-state index contributed by atoms with van der Waals surface area (Å²) >= 11 is 4.75. The lowest BCUT2D eigenvalue weighted by Gasteiger charge is -1.95. The average molecular weight is 268 g/mol. The van der Waals surface area contributed by atoms with Crippen LogP contribution in [0, 0.1) is 0 Å². The Labute approximate surface area is 93.7 Å². The van der Waals surface area contributed by atoms with E-state index in [0.29, 0.717) is 5.01 Å².